The zero-order chi connectivity index (χ0) is 14.6. The Morgan fingerprint density at radius 3 is 2.42 bits per heavy atom. The van der Waals surface area contributed by atoms with E-state index in [4.69, 9.17) is 22.3 Å². The van der Waals surface area contributed by atoms with Crippen molar-refractivity contribution in [1.82, 2.24) is 9.91 Å². The molecule has 1 aliphatic heterocycles. The highest BCUT2D eigenvalue weighted by molar-refractivity contribution is 6.02. The van der Waals surface area contributed by atoms with Crippen molar-refractivity contribution >= 4 is 23.5 Å². The first-order valence-electron chi connectivity index (χ1n) is 5.51. The number of nitrogens with one attached hydrogen (secondary N) is 2. The molecule has 0 bridgehead atoms. The number of carbonyl (C=O) groups excluding carboxylic acids is 1. The summed E-state index contributed by atoms with van der Waals surface area (Å²) in [7, 11) is 0. The van der Waals surface area contributed by atoms with Crippen molar-refractivity contribution in [2.45, 2.75) is 13.8 Å². The number of hydrogen-bond acceptors (Lipinski definition) is 4. The minimum atomic E-state index is -0.442. The molecule has 6 N–H and O–H groups in total. The van der Waals surface area contributed by atoms with Crippen LogP contribution in [0.3, 0.4) is 0 Å². The highest BCUT2D eigenvalue weighted by Crippen LogP contribution is 2.10. The summed E-state index contributed by atoms with van der Waals surface area (Å²) in [4.78, 5) is 12.8. The Balaban J connectivity index is 2.94. The van der Waals surface area contributed by atoms with Gasteiger partial charge in [-0.2, -0.15) is 10.1 Å². The van der Waals surface area contributed by atoms with Crippen LogP contribution in [0.2, 0.25) is 0 Å². The monoisotopic (exact) mass is 263 g/mol. The average molecular weight is 263 g/mol. The summed E-state index contributed by atoms with van der Waals surface area (Å²) in [5, 5.41) is 19.4. The zero-order valence-corrected chi connectivity index (χ0v) is 10.8. The van der Waals surface area contributed by atoms with Gasteiger partial charge < -0.3 is 16.4 Å². The molecule has 0 aromatic heterocycles. The van der Waals surface area contributed by atoms with E-state index < -0.39 is 11.9 Å². The second-order valence-corrected chi connectivity index (χ2v) is 3.95. The average Bonchev–Trinajstić information content (AvgIpc) is 2.34. The molecule has 0 radical (unpaired) electrons. The summed E-state index contributed by atoms with van der Waals surface area (Å²) in [6.45, 7) is 3.55. The predicted molar refractivity (Wildman–Crippen MR) is 73.4 cm³/mol. The smallest absolute Gasteiger partial charge is 0.223 e. The molecule has 1 amide bonds. The minimum absolute atomic E-state index is 0.0790. The lowest BCUT2D eigenvalue weighted by Gasteiger charge is -2.22. The molecular weight excluding hydrogens is 246 g/mol. The van der Waals surface area contributed by atoms with E-state index in [1.807, 2.05) is 0 Å². The molecule has 0 aromatic carbocycles. The van der Waals surface area contributed by atoms with E-state index in [1.165, 1.54) is 11.8 Å². The maximum Gasteiger partial charge on any atom is 0.223 e. The van der Waals surface area contributed by atoms with Gasteiger partial charge in [0.25, 0.3) is 0 Å². The third kappa shape index (κ3) is 3.66. The summed E-state index contributed by atoms with van der Waals surface area (Å²) in [6, 6.07) is 0. The SMILES string of the molecule is CC(=O)N1C=CC=C(C(C)=NN(C(=N)N)C(=N)N)C1. The first-order valence-corrected chi connectivity index (χ1v) is 5.51. The lowest BCUT2D eigenvalue weighted by atomic mass is 10.1. The zero-order valence-electron chi connectivity index (χ0n) is 10.8. The summed E-state index contributed by atoms with van der Waals surface area (Å²) < 4.78 is 0. The molecule has 1 heterocycles. The molecule has 0 aromatic rings. The number of nitrogens with zero attached hydrogens (tertiary/aromatic N) is 3. The van der Waals surface area contributed by atoms with Gasteiger partial charge in [0.05, 0.1) is 12.3 Å². The van der Waals surface area contributed by atoms with Crippen LogP contribution in [0.5, 0.6) is 0 Å². The van der Waals surface area contributed by atoms with Crippen molar-refractivity contribution < 1.29 is 4.79 Å². The third-order valence-electron chi connectivity index (χ3n) is 2.48. The number of guanidine groups is 2. The van der Waals surface area contributed by atoms with Crippen LogP contribution in [0.15, 0.2) is 29.0 Å². The fraction of sp³-hybridized carbons (Fsp3) is 0.273. The van der Waals surface area contributed by atoms with Crippen LogP contribution in [-0.2, 0) is 4.79 Å². The Bertz CT molecular complexity index is 489. The lowest BCUT2D eigenvalue weighted by molar-refractivity contribution is -0.125. The van der Waals surface area contributed by atoms with Crippen molar-refractivity contribution in [3.8, 4) is 0 Å². The second kappa shape index (κ2) is 5.80. The van der Waals surface area contributed by atoms with Gasteiger partial charge in [-0.1, -0.05) is 6.08 Å². The number of allylic oxidation sites excluding steroid dienone is 2. The van der Waals surface area contributed by atoms with Crippen LogP contribution in [0.4, 0.5) is 0 Å². The first-order chi connectivity index (χ1) is 8.82. The van der Waals surface area contributed by atoms with Crippen molar-refractivity contribution in [2.24, 2.45) is 16.6 Å². The van der Waals surface area contributed by atoms with E-state index in [0.717, 1.165) is 10.6 Å². The highest BCUT2D eigenvalue weighted by Gasteiger charge is 2.15. The van der Waals surface area contributed by atoms with Gasteiger partial charge in [0.2, 0.25) is 17.8 Å². The maximum atomic E-state index is 11.3. The van der Waals surface area contributed by atoms with Crippen LogP contribution < -0.4 is 11.5 Å². The second-order valence-electron chi connectivity index (χ2n) is 3.95. The van der Waals surface area contributed by atoms with Gasteiger partial charge in [-0.15, -0.1) is 0 Å². The predicted octanol–water partition coefficient (Wildman–Crippen LogP) is -0.247. The van der Waals surface area contributed by atoms with E-state index >= 15 is 0 Å². The fourth-order valence-electron chi connectivity index (χ4n) is 1.46. The third-order valence-corrected chi connectivity index (χ3v) is 2.48. The molecule has 0 spiro atoms. The number of carbonyl (C=O) groups is 1. The maximum absolute atomic E-state index is 11.3. The molecule has 1 rings (SSSR count). The number of amides is 1. The molecule has 0 unspecified atom stereocenters. The molecule has 8 nitrogen and oxygen atoms in total. The van der Waals surface area contributed by atoms with Crippen LogP contribution in [0.1, 0.15) is 13.8 Å². The number of hydrogen-bond donors (Lipinski definition) is 4. The van der Waals surface area contributed by atoms with Gasteiger partial charge in [-0.05, 0) is 18.6 Å². The largest absolute Gasteiger partial charge is 0.368 e. The van der Waals surface area contributed by atoms with E-state index in [0.29, 0.717) is 12.3 Å². The van der Waals surface area contributed by atoms with Gasteiger partial charge in [0.15, 0.2) is 0 Å². The van der Waals surface area contributed by atoms with Crippen LogP contribution >= 0.6 is 0 Å². The van der Waals surface area contributed by atoms with Crippen molar-refractivity contribution in [1.29, 1.82) is 10.8 Å². The van der Waals surface area contributed by atoms with E-state index in [2.05, 4.69) is 5.10 Å². The van der Waals surface area contributed by atoms with E-state index in [1.54, 1.807) is 25.3 Å². The van der Waals surface area contributed by atoms with Gasteiger partial charge in [-0.3, -0.25) is 15.6 Å². The van der Waals surface area contributed by atoms with Crippen LogP contribution in [-0.4, -0.2) is 40.0 Å². The normalized spacial score (nSPS) is 14.9. The molecule has 19 heavy (non-hydrogen) atoms. The molecule has 8 heteroatoms. The quantitative estimate of drug-likeness (QED) is 0.310. The highest BCUT2D eigenvalue weighted by atomic mass is 16.2. The van der Waals surface area contributed by atoms with Gasteiger partial charge in [-0.25, -0.2) is 0 Å². The first kappa shape index (κ1) is 14.4. The molecule has 0 aliphatic carbocycles. The summed E-state index contributed by atoms with van der Waals surface area (Å²) in [5.74, 6) is -0.964. The number of nitrogens with two attached hydrogens (primary N) is 2. The summed E-state index contributed by atoms with van der Waals surface area (Å²) in [5.41, 5.74) is 11.9. The van der Waals surface area contributed by atoms with Crippen LogP contribution in [0, 0.1) is 10.8 Å². The van der Waals surface area contributed by atoms with E-state index in [-0.39, 0.29) is 5.91 Å². The summed E-state index contributed by atoms with van der Waals surface area (Å²) >= 11 is 0. The molecule has 1 aliphatic rings. The van der Waals surface area contributed by atoms with Gasteiger partial charge >= 0.3 is 0 Å². The molecular formula is C11H17N7O. The number of hydrazone groups is 1. The van der Waals surface area contributed by atoms with E-state index in [9.17, 15) is 4.79 Å². The van der Waals surface area contributed by atoms with Crippen LogP contribution in [0.25, 0.3) is 0 Å². The summed E-state index contributed by atoms with van der Waals surface area (Å²) in [6.07, 6.45) is 5.20. The van der Waals surface area contributed by atoms with Crippen molar-refractivity contribution in [3.63, 3.8) is 0 Å². The lowest BCUT2D eigenvalue weighted by Crippen LogP contribution is -2.42. The van der Waals surface area contributed by atoms with Crippen molar-refractivity contribution in [3.05, 3.63) is 23.9 Å². The molecule has 0 saturated carbocycles. The molecule has 102 valence electrons. The Kier molecular flexibility index (Phi) is 4.41. The Morgan fingerprint density at radius 1 is 1.37 bits per heavy atom. The van der Waals surface area contributed by atoms with Gasteiger partial charge in [0, 0.05) is 13.1 Å². The molecule has 0 atom stereocenters. The van der Waals surface area contributed by atoms with Crippen molar-refractivity contribution in [2.75, 3.05) is 6.54 Å². The Morgan fingerprint density at radius 2 is 1.95 bits per heavy atom. The molecule has 0 fully saturated rings. The topological polar surface area (TPSA) is 136 Å². The molecule has 0 saturated heterocycles. The minimum Gasteiger partial charge on any atom is -0.368 e. The number of rotatable bonds is 2. The van der Waals surface area contributed by atoms with Gasteiger partial charge in [0.1, 0.15) is 0 Å². The Labute approximate surface area is 111 Å². The fourth-order valence-corrected chi connectivity index (χ4v) is 1.46. The Hall–Kier alpha value is -2.64. The standard InChI is InChI=1S/C11H17N7O/c1-7(16-18(10(12)13)11(14)15)9-4-3-5-17(6-9)8(2)19/h3-5H,6H2,1-2H3,(H3,12,13)(H3,14,15).